The lowest BCUT2D eigenvalue weighted by molar-refractivity contribution is -0.00274. The largest absolute Gasteiger partial charge is 0.233 e. The molecular formula is C17H27O. The first-order valence-electron chi connectivity index (χ1n) is 7.25. The predicted molar refractivity (Wildman–Crippen MR) is 77.2 cm³/mol. The van der Waals surface area contributed by atoms with Crippen molar-refractivity contribution in [1.82, 2.24) is 0 Å². The van der Waals surface area contributed by atoms with Gasteiger partial charge < -0.3 is 0 Å². The Morgan fingerprint density at radius 1 is 1.00 bits per heavy atom. The van der Waals surface area contributed by atoms with Gasteiger partial charge in [-0.15, -0.1) is 0 Å². The molecule has 0 saturated heterocycles. The van der Waals surface area contributed by atoms with Gasteiger partial charge in [-0.1, -0.05) is 70.9 Å². The summed E-state index contributed by atoms with van der Waals surface area (Å²) in [6.45, 7) is 8.72. The molecule has 0 heterocycles. The minimum atomic E-state index is -0.440. The fourth-order valence-corrected chi connectivity index (χ4v) is 2.89. The van der Waals surface area contributed by atoms with E-state index in [1.807, 2.05) is 6.07 Å². The molecule has 0 bridgehead atoms. The Balaban J connectivity index is 2.96. The molecule has 0 amide bonds. The van der Waals surface area contributed by atoms with Crippen LogP contribution in [0.1, 0.15) is 58.9 Å². The van der Waals surface area contributed by atoms with E-state index >= 15 is 0 Å². The monoisotopic (exact) mass is 247 g/mol. The number of hydrogen-bond acceptors (Lipinski definition) is 0. The van der Waals surface area contributed by atoms with E-state index in [-0.39, 0.29) is 11.3 Å². The van der Waals surface area contributed by atoms with Crippen LogP contribution in [0.15, 0.2) is 30.3 Å². The maximum absolute atomic E-state index is 12.4. The van der Waals surface area contributed by atoms with E-state index in [2.05, 4.69) is 52.0 Å². The van der Waals surface area contributed by atoms with Crippen LogP contribution in [0.25, 0.3) is 0 Å². The Bertz CT molecular complexity index is 329. The summed E-state index contributed by atoms with van der Waals surface area (Å²) in [7, 11) is 0. The molecule has 0 aromatic heterocycles. The first-order valence-corrected chi connectivity index (χ1v) is 7.25. The zero-order chi connectivity index (χ0) is 13.6. The molecule has 1 aromatic carbocycles. The summed E-state index contributed by atoms with van der Waals surface area (Å²) in [4.78, 5) is 0. The van der Waals surface area contributed by atoms with Gasteiger partial charge in [-0.05, 0) is 29.7 Å². The topological polar surface area (TPSA) is 19.9 Å². The average molecular weight is 247 g/mol. The lowest BCUT2D eigenvalue weighted by atomic mass is 9.68. The Labute approximate surface area is 112 Å². The van der Waals surface area contributed by atoms with Gasteiger partial charge in [-0.2, -0.15) is 0 Å². The highest BCUT2D eigenvalue weighted by Gasteiger charge is 2.35. The second-order valence-corrected chi connectivity index (χ2v) is 5.81. The minimum Gasteiger partial charge on any atom is -0.233 e. The van der Waals surface area contributed by atoms with E-state index in [9.17, 15) is 5.11 Å². The maximum Gasteiger partial charge on any atom is 0.0966 e. The molecular weight excluding hydrogens is 220 g/mol. The van der Waals surface area contributed by atoms with E-state index in [1.165, 1.54) is 5.56 Å². The first kappa shape index (κ1) is 15.2. The fraction of sp³-hybridized carbons (Fsp3) is 0.647. The zero-order valence-corrected chi connectivity index (χ0v) is 12.3. The molecule has 1 aromatic rings. The van der Waals surface area contributed by atoms with E-state index in [4.69, 9.17) is 0 Å². The van der Waals surface area contributed by atoms with Crippen molar-refractivity contribution >= 4 is 0 Å². The van der Waals surface area contributed by atoms with E-state index in [1.54, 1.807) is 0 Å². The van der Waals surface area contributed by atoms with Crippen LogP contribution in [0.3, 0.4) is 0 Å². The zero-order valence-electron chi connectivity index (χ0n) is 12.3. The van der Waals surface area contributed by atoms with Crippen molar-refractivity contribution in [2.75, 3.05) is 0 Å². The molecule has 0 N–H and O–H groups in total. The van der Waals surface area contributed by atoms with Crippen molar-refractivity contribution in [3.05, 3.63) is 35.9 Å². The summed E-state index contributed by atoms with van der Waals surface area (Å²) in [5.41, 5.74) is 1.26. The third kappa shape index (κ3) is 3.58. The molecule has 2 unspecified atom stereocenters. The normalized spacial score (nSPS) is 15.4. The van der Waals surface area contributed by atoms with Gasteiger partial charge >= 0.3 is 0 Å². The SMILES string of the molecule is CCCC([O])C(CCC)C(C)(C)c1ccccc1. The molecule has 101 valence electrons. The highest BCUT2D eigenvalue weighted by molar-refractivity contribution is 5.25. The lowest BCUT2D eigenvalue weighted by Gasteiger charge is -2.37. The van der Waals surface area contributed by atoms with Crippen molar-refractivity contribution in [3.63, 3.8) is 0 Å². The molecule has 0 fully saturated rings. The van der Waals surface area contributed by atoms with Gasteiger partial charge in [0.2, 0.25) is 0 Å². The third-order valence-electron chi connectivity index (χ3n) is 4.07. The van der Waals surface area contributed by atoms with Gasteiger partial charge in [-0.25, -0.2) is 5.11 Å². The molecule has 0 aliphatic rings. The van der Waals surface area contributed by atoms with Gasteiger partial charge in [0.15, 0.2) is 0 Å². The summed E-state index contributed by atoms with van der Waals surface area (Å²) < 4.78 is 0. The quantitative estimate of drug-likeness (QED) is 0.647. The summed E-state index contributed by atoms with van der Waals surface area (Å²) >= 11 is 0. The molecule has 1 rings (SSSR count). The molecule has 1 radical (unpaired) electrons. The smallest absolute Gasteiger partial charge is 0.0966 e. The highest BCUT2D eigenvalue weighted by Crippen LogP contribution is 2.38. The lowest BCUT2D eigenvalue weighted by Crippen LogP contribution is -2.36. The second-order valence-electron chi connectivity index (χ2n) is 5.81. The molecule has 0 aliphatic heterocycles. The molecule has 0 aliphatic carbocycles. The average Bonchev–Trinajstić information content (AvgIpc) is 2.37. The summed E-state index contributed by atoms with van der Waals surface area (Å²) in [6, 6.07) is 10.5. The summed E-state index contributed by atoms with van der Waals surface area (Å²) in [6.07, 6.45) is 3.45. The van der Waals surface area contributed by atoms with E-state index in [0.29, 0.717) is 0 Å². The van der Waals surface area contributed by atoms with Crippen molar-refractivity contribution in [3.8, 4) is 0 Å². The van der Waals surface area contributed by atoms with Gasteiger partial charge in [0, 0.05) is 0 Å². The van der Waals surface area contributed by atoms with E-state index < -0.39 is 6.10 Å². The van der Waals surface area contributed by atoms with Crippen LogP contribution in [-0.2, 0) is 10.5 Å². The third-order valence-corrected chi connectivity index (χ3v) is 4.07. The fourth-order valence-electron chi connectivity index (χ4n) is 2.89. The van der Waals surface area contributed by atoms with Crippen molar-refractivity contribution in [1.29, 1.82) is 0 Å². The van der Waals surface area contributed by atoms with Crippen LogP contribution in [0.4, 0.5) is 0 Å². The summed E-state index contributed by atoms with van der Waals surface area (Å²) in [5.74, 6) is 0.227. The van der Waals surface area contributed by atoms with E-state index in [0.717, 1.165) is 25.7 Å². The Hall–Kier alpha value is -0.820. The van der Waals surface area contributed by atoms with Crippen LogP contribution in [0, 0.1) is 5.92 Å². The van der Waals surface area contributed by atoms with Crippen LogP contribution in [0.2, 0.25) is 0 Å². The molecule has 0 spiro atoms. The Morgan fingerprint density at radius 2 is 1.56 bits per heavy atom. The highest BCUT2D eigenvalue weighted by atomic mass is 16.3. The minimum absolute atomic E-state index is 0.0289. The van der Waals surface area contributed by atoms with Crippen LogP contribution in [-0.4, -0.2) is 6.10 Å². The van der Waals surface area contributed by atoms with Crippen molar-refractivity contribution in [2.45, 2.75) is 64.9 Å². The van der Waals surface area contributed by atoms with Crippen LogP contribution < -0.4 is 0 Å². The Kier molecular flexibility index (Phi) is 5.87. The van der Waals surface area contributed by atoms with Gasteiger partial charge in [0.05, 0.1) is 6.10 Å². The van der Waals surface area contributed by atoms with Crippen LogP contribution in [0.5, 0.6) is 0 Å². The molecule has 2 atom stereocenters. The standard InChI is InChI=1S/C17H27O/c1-5-10-15(16(18)11-6-2)17(3,4)14-12-8-7-9-13-14/h7-9,12-13,15-16H,5-6,10-11H2,1-4H3. The second kappa shape index (κ2) is 6.94. The Morgan fingerprint density at radius 3 is 2.06 bits per heavy atom. The number of benzene rings is 1. The van der Waals surface area contributed by atoms with Crippen molar-refractivity contribution in [2.24, 2.45) is 5.92 Å². The van der Waals surface area contributed by atoms with Gasteiger partial charge in [0.1, 0.15) is 0 Å². The molecule has 18 heavy (non-hydrogen) atoms. The van der Waals surface area contributed by atoms with Gasteiger partial charge in [-0.3, -0.25) is 0 Å². The number of rotatable bonds is 7. The molecule has 1 nitrogen and oxygen atoms in total. The molecule has 1 heteroatoms. The van der Waals surface area contributed by atoms with Crippen molar-refractivity contribution < 1.29 is 5.11 Å². The molecule has 0 saturated carbocycles. The summed E-state index contributed by atoms with van der Waals surface area (Å²) in [5, 5.41) is 12.4. The predicted octanol–water partition coefficient (Wildman–Crippen LogP) is 4.98. The van der Waals surface area contributed by atoms with Gasteiger partial charge in [0.25, 0.3) is 0 Å². The first-order chi connectivity index (χ1) is 8.54. The number of hydrogen-bond donors (Lipinski definition) is 0. The maximum atomic E-state index is 12.4. The van der Waals surface area contributed by atoms with Crippen LogP contribution >= 0.6 is 0 Å².